The molecule has 0 aromatic heterocycles. The van der Waals surface area contributed by atoms with Crippen LogP contribution in [-0.2, 0) is 4.79 Å². The van der Waals surface area contributed by atoms with Gasteiger partial charge in [0.2, 0.25) is 5.91 Å². The molecular formula is C11H13FN2OS. The molecule has 1 aromatic carbocycles. The topological polar surface area (TPSA) is 55.1 Å². The summed E-state index contributed by atoms with van der Waals surface area (Å²) in [5.41, 5.74) is 6.15. The second-order valence-electron chi connectivity index (χ2n) is 3.79. The second kappa shape index (κ2) is 4.74. The summed E-state index contributed by atoms with van der Waals surface area (Å²) < 4.78 is 13.3. The van der Waals surface area contributed by atoms with Gasteiger partial charge < -0.3 is 11.1 Å². The lowest BCUT2D eigenvalue weighted by molar-refractivity contribution is -0.119. The molecule has 1 saturated heterocycles. The van der Waals surface area contributed by atoms with E-state index in [1.54, 1.807) is 11.8 Å². The number of carbonyl (C=O) groups is 1. The van der Waals surface area contributed by atoms with Crippen LogP contribution in [0.15, 0.2) is 18.2 Å². The Bertz CT molecular complexity index is 405. The molecule has 3 nitrogen and oxygen atoms in total. The van der Waals surface area contributed by atoms with E-state index in [9.17, 15) is 9.18 Å². The van der Waals surface area contributed by atoms with Gasteiger partial charge in [-0.1, -0.05) is 0 Å². The molecule has 0 bridgehead atoms. The Kier molecular flexibility index (Phi) is 3.33. The van der Waals surface area contributed by atoms with E-state index in [0.29, 0.717) is 5.69 Å². The van der Waals surface area contributed by atoms with E-state index in [1.807, 2.05) is 0 Å². The van der Waals surface area contributed by atoms with Crippen LogP contribution in [0, 0.1) is 11.7 Å². The van der Waals surface area contributed by atoms with Gasteiger partial charge in [-0.3, -0.25) is 4.79 Å². The Labute approximate surface area is 97.6 Å². The first-order chi connectivity index (χ1) is 7.66. The zero-order chi connectivity index (χ0) is 11.5. The number of rotatable bonds is 2. The van der Waals surface area contributed by atoms with Gasteiger partial charge in [-0.2, -0.15) is 11.8 Å². The molecule has 16 heavy (non-hydrogen) atoms. The molecular weight excluding hydrogens is 227 g/mol. The number of anilines is 2. The molecule has 86 valence electrons. The van der Waals surface area contributed by atoms with Gasteiger partial charge in [-0.05, 0) is 30.4 Å². The highest BCUT2D eigenvalue weighted by Gasteiger charge is 2.23. The average molecular weight is 240 g/mol. The molecule has 3 N–H and O–H groups in total. The second-order valence-corrected chi connectivity index (χ2v) is 4.94. The minimum atomic E-state index is -0.451. The van der Waals surface area contributed by atoms with Crippen molar-refractivity contribution in [3.63, 3.8) is 0 Å². The summed E-state index contributed by atoms with van der Waals surface area (Å²) in [4.78, 5) is 11.7. The minimum Gasteiger partial charge on any atom is -0.399 e. The van der Waals surface area contributed by atoms with Crippen LogP contribution in [0.1, 0.15) is 6.42 Å². The largest absolute Gasteiger partial charge is 0.399 e. The SMILES string of the molecule is Nc1ccc(F)c(NC(=O)C2CCSC2)c1. The Morgan fingerprint density at radius 2 is 2.38 bits per heavy atom. The van der Waals surface area contributed by atoms with Crippen LogP contribution < -0.4 is 11.1 Å². The van der Waals surface area contributed by atoms with Gasteiger partial charge >= 0.3 is 0 Å². The fraction of sp³-hybridized carbons (Fsp3) is 0.364. The van der Waals surface area contributed by atoms with Crippen LogP contribution in [0.4, 0.5) is 15.8 Å². The normalized spacial score (nSPS) is 19.7. The van der Waals surface area contributed by atoms with Gasteiger partial charge in [-0.25, -0.2) is 4.39 Å². The first-order valence-corrected chi connectivity index (χ1v) is 6.26. The van der Waals surface area contributed by atoms with Crippen molar-refractivity contribution in [2.45, 2.75) is 6.42 Å². The summed E-state index contributed by atoms with van der Waals surface area (Å²) in [7, 11) is 0. The van der Waals surface area contributed by atoms with Crippen LogP contribution in [0.3, 0.4) is 0 Å². The first-order valence-electron chi connectivity index (χ1n) is 5.10. The maximum Gasteiger partial charge on any atom is 0.228 e. The highest BCUT2D eigenvalue weighted by atomic mass is 32.2. The maximum absolute atomic E-state index is 13.3. The van der Waals surface area contributed by atoms with Crippen molar-refractivity contribution >= 4 is 29.0 Å². The van der Waals surface area contributed by atoms with Crippen LogP contribution in [0.2, 0.25) is 0 Å². The summed E-state index contributed by atoms with van der Waals surface area (Å²) in [5, 5.41) is 2.59. The first kappa shape index (κ1) is 11.3. The van der Waals surface area contributed by atoms with Gasteiger partial charge in [0.15, 0.2) is 0 Å². The molecule has 0 aliphatic carbocycles. The van der Waals surface area contributed by atoms with Crippen molar-refractivity contribution in [3.05, 3.63) is 24.0 Å². The molecule has 0 spiro atoms. The number of benzene rings is 1. The number of nitrogens with two attached hydrogens (primary N) is 1. The van der Waals surface area contributed by atoms with E-state index in [0.717, 1.165) is 17.9 Å². The highest BCUT2D eigenvalue weighted by Crippen LogP contribution is 2.25. The fourth-order valence-corrected chi connectivity index (χ4v) is 2.84. The number of carbonyl (C=O) groups excluding carboxylic acids is 1. The third-order valence-corrected chi connectivity index (χ3v) is 3.71. The lowest BCUT2D eigenvalue weighted by atomic mass is 10.1. The summed E-state index contributed by atoms with van der Waals surface area (Å²) in [6, 6.07) is 4.17. The van der Waals surface area contributed by atoms with Crippen molar-refractivity contribution in [2.24, 2.45) is 5.92 Å². The quantitative estimate of drug-likeness (QED) is 0.778. The summed E-state index contributed by atoms with van der Waals surface area (Å²) in [6.45, 7) is 0. The lowest BCUT2D eigenvalue weighted by Gasteiger charge is -2.10. The lowest BCUT2D eigenvalue weighted by Crippen LogP contribution is -2.22. The zero-order valence-electron chi connectivity index (χ0n) is 8.70. The van der Waals surface area contributed by atoms with Gasteiger partial charge in [0.05, 0.1) is 5.69 Å². The minimum absolute atomic E-state index is 0.00849. The molecule has 1 aromatic rings. The Morgan fingerprint density at radius 1 is 1.56 bits per heavy atom. The van der Waals surface area contributed by atoms with E-state index >= 15 is 0 Å². The van der Waals surface area contributed by atoms with Crippen molar-refractivity contribution in [1.82, 2.24) is 0 Å². The molecule has 1 atom stereocenters. The number of hydrogen-bond donors (Lipinski definition) is 2. The van der Waals surface area contributed by atoms with Crippen molar-refractivity contribution in [3.8, 4) is 0 Å². The monoisotopic (exact) mass is 240 g/mol. The number of thioether (sulfide) groups is 1. The average Bonchev–Trinajstić information content (AvgIpc) is 2.76. The van der Waals surface area contributed by atoms with Crippen LogP contribution in [0.25, 0.3) is 0 Å². The molecule has 0 saturated carbocycles. The smallest absolute Gasteiger partial charge is 0.228 e. The Morgan fingerprint density at radius 3 is 3.06 bits per heavy atom. The number of nitrogen functional groups attached to an aromatic ring is 1. The predicted octanol–water partition coefficient (Wildman–Crippen LogP) is 2.10. The van der Waals surface area contributed by atoms with E-state index in [2.05, 4.69) is 5.32 Å². The Balaban J connectivity index is 2.07. The van der Waals surface area contributed by atoms with Crippen LogP contribution >= 0.6 is 11.8 Å². The van der Waals surface area contributed by atoms with Crippen molar-refractivity contribution in [1.29, 1.82) is 0 Å². The van der Waals surface area contributed by atoms with Gasteiger partial charge in [-0.15, -0.1) is 0 Å². The van der Waals surface area contributed by atoms with Crippen LogP contribution in [-0.4, -0.2) is 17.4 Å². The summed E-state index contributed by atoms with van der Waals surface area (Å²) in [6.07, 6.45) is 0.862. The molecule has 1 aliphatic heterocycles. The highest BCUT2D eigenvalue weighted by molar-refractivity contribution is 7.99. The van der Waals surface area contributed by atoms with Gasteiger partial charge in [0.1, 0.15) is 5.82 Å². The molecule has 0 radical (unpaired) electrons. The number of nitrogens with one attached hydrogen (secondary N) is 1. The van der Waals surface area contributed by atoms with Crippen molar-refractivity contribution in [2.75, 3.05) is 22.6 Å². The molecule has 1 fully saturated rings. The molecule has 1 unspecified atom stereocenters. The van der Waals surface area contributed by atoms with E-state index < -0.39 is 5.82 Å². The third-order valence-electron chi connectivity index (χ3n) is 2.55. The fourth-order valence-electron chi connectivity index (χ4n) is 1.61. The zero-order valence-corrected chi connectivity index (χ0v) is 9.52. The van der Waals surface area contributed by atoms with E-state index in [-0.39, 0.29) is 17.5 Å². The van der Waals surface area contributed by atoms with E-state index in [1.165, 1.54) is 18.2 Å². The number of halogens is 1. The molecule has 1 aliphatic rings. The number of hydrogen-bond acceptors (Lipinski definition) is 3. The molecule has 1 amide bonds. The van der Waals surface area contributed by atoms with Gasteiger partial charge in [0, 0.05) is 17.4 Å². The van der Waals surface area contributed by atoms with Crippen LogP contribution in [0.5, 0.6) is 0 Å². The molecule has 2 rings (SSSR count). The summed E-state index contributed by atoms with van der Waals surface area (Å²) in [5.74, 6) is 1.24. The predicted molar refractivity (Wildman–Crippen MR) is 64.9 cm³/mol. The molecule has 5 heteroatoms. The number of amides is 1. The standard InChI is InChI=1S/C11H13FN2OS/c12-9-2-1-8(13)5-10(9)14-11(15)7-3-4-16-6-7/h1-2,5,7H,3-4,6,13H2,(H,14,15). The maximum atomic E-state index is 13.3. The molecule has 1 heterocycles. The van der Waals surface area contributed by atoms with Gasteiger partial charge in [0.25, 0.3) is 0 Å². The third kappa shape index (κ3) is 2.47. The van der Waals surface area contributed by atoms with E-state index in [4.69, 9.17) is 5.73 Å². The van der Waals surface area contributed by atoms with Crippen molar-refractivity contribution < 1.29 is 9.18 Å². The summed E-state index contributed by atoms with van der Waals surface area (Å²) >= 11 is 1.75. The Hall–Kier alpha value is -1.23.